The fraction of sp³-hybridized carbons (Fsp3) is 0.370. The molecule has 0 amide bonds. The molecule has 0 aliphatic heterocycles. The van der Waals surface area contributed by atoms with Crippen molar-refractivity contribution in [3.8, 4) is 0 Å². The second-order valence-corrected chi connectivity index (χ2v) is 8.16. The molecule has 0 aliphatic rings. The minimum absolute atomic E-state index is 0.254. The minimum Gasteiger partial charge on any atom is -0.458 e. The number of benzene rings is 2. The van der Waals surface area contributed by atoms with Gasteiger partial charge in [0.15, 0.2) is 0 Å². The van der Waals surface area contributed by atoms with E-state index in [1.807, 2.05) is 30.3 Å². The van der Waals surface area contributed by atoms with Crippen LogP contribution in [-0.2, 0) is 11.2 Å². The molecule has 2 heteroatoms. The average Bonchev–Trinajstić information content (AvgIpc) is 2.68. The van der Waals surface area contributed by atoms with Gasteiger partial charge < -0.3 is 4.74 Å². The number of hydrogen-bond acceptors (Lipinski definition) is 2. The molecule has 29 heavy (non-hydrogen) atoms. The van der Waals surface area contributed by atoms with Crippen molar-refractivity contribution >= 4 is 5.97 Å². The standard InChI is InChI=1S/C27H34O2/c1-20(2)11-10-12-22(5)17-18-29-27(28)26-16-9-7-14-24(26)19-23-13-6-8-15-25(23)21(3)4/h6-9,11,13-17,21H,10,12,18-19H2,1-5H3/b22-17+. The van der Waals surface area contributed by atoms with Crippen molar-refractivity contribution in [1.82, 2.24) is 0 Å². The fourth-order valence-corrected chi connectivity index (χ4v) is 3.37. The van der Waals surface area contributed by atoms with E-state index in [4.69, 9.17) is 4.74 Å². The Bertz CT molecular complexity index is 868. The minimum atomic E-state index is -0.254. The Labute approximate surface area is 176 Å². The number of allylic oxidation sites excluding steroid dienone is 3. The van der Waals surface area contributed by atoms with Crippen molar-refractivity contribution in [3.63, 3.8) is 0 Å². The molecule has 0 spiro atoms. The van der Waals surface area contributed by atoms with Crippen LogP contribution >= 0.6 is 0 Å². The average molecular weight is 391 g/mol. The zero-order chi connectivity index (χ0) is 21.2. The zero-order valence-corrected chi connectivity index (χ0v) is 18.5. The van der Waals surface area contributed by atoms with Crippen LogP contribution in [0.3, 0.4) is 0 Å². The van der Waals surface area contributed by atoms with Gasteiger partial charge in [-0.1, -0.05) is 73.5 Å². The number of rotatable bonds is 9. The lowest BCUT2D eigenvalue weighted by molar-refractivity contribution is 0.0548. The van der Waals surface area contributed by atoms with Crippen LogP contribution in [0.4, 0.5) is 0 Å². The summed E-state index contributed by atoms with van der Waals surface area (Å²) in [5.41, 5.74) is 6.83. The molecule has 0 fully saturated rings. The van der Waals surface area contributed by atoms with Gasteiger partial charge in [0.25, 0.3) is 0 Å². The summed E-state index contributed by atoms with van der Waals surface area (Å²) in [6.07, 6.45) is 6.99. The van der Waals surface area contributed by atoms with Crippen molar-refractivity contribution in [2.24, 2.45) is 0 Å². The van der Waals surface area contributed by atoms with E-state index in [-0.39, 0.29) is 5.97 Å². The lowest BCUT2D eigenvalue weighted by Crippen LogP contribution is -2.09. The van der Waals surface area contributed by atoms with Crippen molar-refractivity contribution in [2.45, 2.75) is 59.8 Å². The van der Waals surface area contributed by atoms with Crippen LogP contribution < -0.4 is 0 Å². The Morgan fingerprint density at radius 3 is 2.28 bits per heavy atom. The van der Waals surface area contributed by atoms with Gasteiger partial charge in [0.2, 0.25) is 0 Å². The van der Waals surface area contributed by atoms with Crippen molar-refractivity contribution in [2.75, 3.05) is 6.61 Å². The number of esters is 1. The highest BCUT2D eigenvalue weighted by atomic mass is 16.5. The Hall–Kier alpha value is -2.61. The van der Waals surface area contributed by atoms with E-state index < -0.39 is 0 Å². The first-order chi connectivity index (χ1) is 13.9. The highest BCUT2D eigenvalue weighted by Crippen LogP contribution is 2.23. The van der Waals surface area contributed by atoms with Crippen molar-refractivity contribution in [1.29, 1.82) is 0 Å². The van der Waals surface area contributed by atoms with E-state index >= 15 is 0 Å². The van der Waals surface area contributed by atoms with Gasteiger partial charge in [-0.2, -0.15) is 0 Å². The lowest BCUT2D eigenvalue weighted by atomic mass is 9.91. The first-order valence-electron chi connectivity index (χ1n) is 10.5. The number of carbonyl (C=O) groups is 1. The van der Waals surface area contributed by atoms with Crippen LogP contribution in [-0.4, -0.2) is 12.6 Å². The van der Waals surface area contributed by atoms with Crippen LogP contribution in [0.1, 0.15) is 80.4 Å². The summed E-state index contributed by atoms with van der Waals surface area (Å²) in [5, 5.41) is 0. The predicted molar refractivity (Wildman–Crippen MR) is 122 cm³/mol. The van der Waals surface area contributed by atoms with Gasteiger partial charge in [-0.05, 0) is 74.8 Å². The molecule has 2 nitrogen and oxygen atoms in total. The summed E-state index contributed by atoms with van der Waals surface area (Å²) in [6.45, 7) is 11.0. The van der Waals surface area contributed by atoms with Gasteiger partial charge in [-0.25, -0.2) is 4.79 Å². The molecule has 0 bridgehead atoms. The molecule has 154 valence electrons. The number of hydrogen-bond donors (Lipinski definition) is 0. The van der Waals surface area contributed by atoms with Crippen molar-refractivity contribution < 1.29 is 9.53 Å². The summed E-state index contributed by atoms with van der Waals surface area (Å²) in [7, 11) is 0. The van der Waals surface area contributed by atoms with Gasteiger partial charge in [-0.3, -0.25) is 0 Å². The van der Waals surface area contributed by atoms with Gasteiger partial charge in [0.05, 0.1) is 5.56 Å². The summed E-state index contributed by atoms with van der Waals surface area (Å²) in [5.74, 6) is 0.195. The first kappa shape index (κ1) is 22.7. The Kier molecular flexibility index (Phi) is 8.92. The Balaban J connectivity index is 2.05. The lowest BCUT2D eigenvalue weighted by Gasteiger charge is -2.14. The highest BCUT2D eigenvalue weighted by molar-refractivity contribution is 5.91. The first-order valence-corrected chi connectivity index (χ1v) is 10.5. The Morgan fingerprint density at radius 2 is 1.59 bits per heavy atom. The van der Waals surface area contributed by atoms with E-state index in [0.29, 0.717) is 18.1 Å². The molecule has 0 radical (unpaired) electrons. The summed E-state index contributed by atoms with van der Waals surface area (Å²) in [6, 6.07) is 16.2. The molecule has 0 saturated heterocycles. The molecule has 2 rings (SSSR count). The molecule has 2 aromatic rings. The topological polar surface area (TPSA) is 26.3 Å². The smallest absolute Gasteiger partial charge is 0.338 e. The summed E-state index contributed by atoms with van der Waals surface area (Å²) in [4.78, 5) is 12.7. The highest BCUT2D eigenvalue weighted by Gasteiger charge is 2.14. The largest absolute Gasteiger partial charge is 0.458 e. The third-order valence-electron chi connectivity index (χ3n) is 5.03. The van der Waals surface area contributed by atoms with Crippen LogP contribution in [0.2, 0.25) is 0 Å². The maximum atomic E-state index is 12.7. The van der Waals surface area contributed by atoms with Gasteiger partial charge in [-0.15, -0.1) is 0 Å². The second-order valence-electron chi connectivity index (χ2n) is 8.16. The third-order valence-corrected chi connectivity index (χ3v) is 5.03. The predicted octanol–water partition coefficient (Wildman–Crippen LogP) is 7.25. The molecule has 0 saturated carbocycles. The molecule has 2 aromatic carbocycles. The maximum absolute atomic E-state index is 12.7. The van der Waals surface area contributed by atoms with E-state index in [9.17, 15) is 4.79 Å². The summed E-state index contributed by atoms with van der Waals surface area (Å²) < 4.78 is 5.55. The monoisotopic (exact) mass is 390 g/mol. The molecule has 0 unspecified atom stereocenters. The number of ether oxygens (including phenoxy) is 1. The number of carbonyl (C=O) groups excluding carboxylic acids is 1. The zero-order valence-electron chi connectivity index (χ0n) is 18.5. The normalized spacial score (nSPS) is 11.4. The van der Waals surface area contributed by atoms with Gasteiger partial charge in [0.1, 0.15) is 6.61 Å². The molecular weight excluding hydrogens is 356 g/mol. The Morgan fingerprint density at radius 1 is 0.931 bits per heavy atom. The van der Waals surface area contributed by atoms with E-state index in [0.717, 1.165) is 24.8 Å². The SMILES string of the molecule is CC(C)=CCC/C(C)=C/COC(=O)c1ccccc1Cc1ccccc1C(C)C. The van der Waals surface area contributed by atoms with Crippen LogP contribution in [0, 0.1) is 0 Å². The molecule has 0 aromatic heterocycles. The van der Waals surface area contributed by atoms with E-state index in [1.165, 1.54) is 22.3 Å². The molecular formula is C27H34O2. The van der Waals surface area contributed by atoms with E-state index in [1.54, 1.807) is 0 Å². The molecule has 0 atom stereocenters. The van der Waals surface area contributed by atoms with Crippen LogP contribution in [0.5, 0.6) is 0 Å². The van der Waals surface area contributed by atoms with Crippen LogP contribution in [0.15, 0.2) is 71.8 Å². The van der Waals surface area contributed by atoms with Crippen molar-refractivity contribution in [3.05, 3.63) is 94.1 Å². The maximum Gasteiger partial charge on any atom is 0.338 e. The fourth-order valence-electron chi connectivity index (χ4n) is 3.37. The van der Waals surface area contributed by atoms with Crippen LogP contribution in [0.25, 0.3) is 0 Å². The van der Waals surface area contributed by atoms with E-state index in [2.05, 4.69) is 65.0 Å². The quantitative estimate of drug-likeness (QED) is 0.333. The second kappa shape index (κ2) is 11.4. The molecule has 0 N–H and O–H groups in total. The molecule has 0 aliphatic carbocycles. The molecule has 0 heterocycles. The third kappa shape index (κ3) is 7.38. The van der Waals surface area contributed by atoms with Gasteiger partial charge in [0, 0.05) is 0 Å². The summed E-state index contributed by atoms with van der Waals surface area (Å²) >= 11 is 0. The van der Waals surface area contributed by atoms with Gasteiger partial charge >= 0.3 is 5.97 Å².